The molecule has 114 valence electrons. The first-order chi connectivity index (χ1) is 10.5. The second kappa shape index (κ2) is 6.08. The number of benzene rings is 1. The number of rotatable bonds is 2. The summed E-state index contributed by atoms with van der Waals surface area (Å²) in [6.07, 6.45) is 2.59. The zero-order chi connectivity index (χ0) is 15.7. The fourth-order valence-corrected chi connectivity index (χ4v) is 3.40. The van der Waals surface area contributed by atoms with Crippen molar-refractivity contribution < 1.29 is 4.79 Å². The molecule has 0 radical (unpaired) electrons. The van der Waals surface area contributed by atoms with Crippen LogP contribution in [0.1, 0.15) is 16.7 Å². The molecule has 0 aliphatic carbocycles. The molecule has 3 rings (SSSR count). The minimum Gasteiger partial charge on any atom is -0.336 e. The molecule has 1 aromatic carbocycles. The average Bonchev–Trinajstić information content (AvgIpc) is 2.51. The molecule has 1 amide bonds. The van der Waals surface area contributed by atoms with Gasteiger partial charge in [-0.2, -0.15) is 0 Å². The van der Waals surface area contributed by atoms with E-state index in [-0.39, 0.29) is 18.0 Å². The molecule has 0 atom stereocenters. The van der Waals surface area contributed by atoms with Crippen molar-refractivity contribution in [1.29, 1.82) is 0 Å². The van der Waals surface area contributed by atoms with E-state index in [9.17, 15) is 9.59 Å². The zero-order valence-electron chi connectivity index (χ0n) is 12.4. The van der Waals surface area contributed by atoms with Gasteiger partial charge in [-0.3, -0.25) is 9.59 Å². The third kappa shape index (κ3) is 2.99. The van der Waals surface area contributed by atoms with Crippen LogP contribution >= 0.6 is 15.9 Å². The molecule has 0 saturated heterocycles. The number of pyridine rings is 1. The number of fused-ring (bicyclic) bond motifs is 1. The van der Waals surface area contributed by atoms with Crippen molar-refractivity contribution >= 4 is 21.8 Å². The number of aryl methyl sites for hydroxylation is 1. The summed E-state index contributed by atoms with van der Waals surface area (Å²) in [6.45, 7) is 3.32. The van der Waals surface area contributed by atoms with E-state index in [1.165, 1.54) is 15.7 Å². The smallest absolute Gasteiger partial charge is 0.265 e. The summed E-state index contributed by atoms with van der Waals surface area (Å²) >= 11 is 3.25. The second-order valence-electron chi connectivity index (χ2n) is 5.63. The highest BCUT2D eigenvalue weighted by Gasteiger charge is 2.21. The summed E-state index contributed by atoms with van der Waals surface area (Å²) in [5.74, 6) is -0.0193. The van der Waals surface area contributed by atoms with Crippen LogP contribution in [-0.4, -0.2) is 21.9 Å². The Hall–Kier alpha value is -1.88. The van der Waals surface area contributed by atoms with E-state index in [4.69, 9.17) is 0 Å². The normalized spacial score (nSPS) is 13.8. The van der Waals surface area contributed by atoms with Gasteiger partial charge in [-0.1, -0.05) is 24.3 Å². The van der Waals surface area contributed by atoms with Crippen molar-refractivity contribution in [3.8, 4) is 0 Å². The van der Waals surface area contributed by atoms with Crippen LogP contribution in [0.3, 0.4) is 0 Å². The largest absolute Gasteiger partial charge is 0.336 e. The molecule has 5 heteroatoms. The van der Waals surface area contributed by atoms with Crippen molar-refractivity contribution in [1.82, 2.24) is 9.47 Å². The molecule has 2 aromatic rings. The highest BCUT2D eigenvalue weighted by molar-refractivity contribution is 9.10. The number of carbonyl (C=O) groups is 1. The van der Waals surface area contributed by atoms with E-state index in [1.807, 2.05) is 24.0 Å². The monoisotopic (exact) mass is 360 g/mol. The minimum atomic E-state index is -0.170. The van der Waals surface area contributed by atoms with Crippen molar-refractivity contribution in [3.63, 3.8) is 0 Å². The lowest BCUT2D eigenvalue weighted by Crippen LogP contribution is -2.39. The molecule has 0 fully saturated rings. The van der Waals surface area contributed by atoms with E-state index in [0.717, 1.165) is 12.0 Å². The van der Waals surface area contributed by atoms with Gasteiger partial charge in [0.05, 0.1) is 4.47 Å². The number of carbonyl (C=O) groups excluding carboxylic acids is 1. The van der Waals surface area contributed by atoms with Crippen molar-refractivity contribution in [2.75, 3.05) is 6.54 Å². The summed E-state index contributed by atoms with van der Waals surface area (Å²) in [7, 11) is 0. The topological polar surface area (TPSA) is 42.3 Å². The first-order valence-corrected chi connectivity index (χ1v) is 8.05. The average molecular weight is 361 g/mol. The summed E-state index contributed by atoms with van der Waals surface area (Å²) in [4.78, 5) is 26.4. The van der Waals surface area contributed by atoms with Crippen molar-refractivity contribution in [3.05, 3.63) is 68.0 Å². The van der Waals surface area contributed by atoms with Crippen molar-refractivity contribution in [2.24, 2.45) is 0 Å². The van der Waals surface area contributed by atoms with Gasteiger partial charge in [0.25, 0.3) is 5.56 Å². The minimum absolute atomic E-state index is 0.0193. The Kier molecular flexibility index (Phi) is 4.16. The lowest BCUT2D eigenvalue weighted by Gasteiger charge is -2.29. The summed E-state index contributed by atoms with van der Waals surface area (Å²) < 4.78 is 1.96. The number of halogens is 1. The van der Waals surface area contributed by atoms with Crippen LogP contribution in [0.15, 0.2) is 45.8 Å². The molecule has 0 spiro atoms. The third-order valence-electron chi connectivity index (χ3n) is 3.97. The van der Waals surface area contributed by atoms with Gasteiger partial charge in [0, 0.05) is 19.3 Å². The highest BCUT2D eigenvalue weighted by Crippen LogP contribution is 2.18. The molecule has 0 unspecified atom stereocenters. The Morgan fingerprint density at radius 2 is 2.00 bits per heavy atom. The van der Waals surface area contributed by atoms with Crippen LogP contribution in [-0.2, 0) is 24.3 Å². The lowest BCUT2D eigenvalue weighted by molar-refractivity contribution is -0.132. The predicted octanol–water partition coefficient (Wildman–Crippen LogP) is 2.50. The van der Waals surface area contributed by atoms with Gasteiger partial charge in [0.15, 0.2) is 0 Å². The molecule has 0 N–H and O–H groups in total. The quantitative estimate of drug-likeness (QED) is 0.825. The lowest BCUT2D eigenvalue weighted by atomic mass is 10.00. The predicted molar refractivity (Wildman–Crippen MR) is 88.7 cm³/mol. The van der Waals surface area contributed by atoms with Crippen LogP contribution in [0.5, 0.6) is 0 Å². The van der Waals surface area contributed by atoms with E-state index >= 15 is 0 Å². The van der Waals surface area contributed by atoms with E-state index in [1.54, 1.807) is 12.3 Å². The van der Waals surface area contributed by atoms with Crippen LogP contribution in [0, 0.1) is 6.92 Å². The van der Waals surface area contributed by atoms with Gasteiger partial charge < -0.3 is 9.47 Å². The van der Waals surface area contributed by atoms with Gasteiger partial charge in [-0.05, 0) is 52.0 Å². The first-order valence-electron chi connectivity index (χ1n) is 7.26. The van der Waals surface area contributed by atoms with E-state index in [2.05, 4.69) is 28.1 Å². The van der Waals surface area contributed by atoms with E-state index in [0.29, 0.717) is 17.6 Å². The van der Waals surface area contributed by atoms with Crippen LogP contribution in [0.2, 0.25) is 0 Å². The van der Waals surface area contributed by atoms with Crippen LogP contribution in [0.25, 0.3) is 0 Å². The van der Waals surface area contributed by atoms with E-state index < -0.39 is 0 Å². The SMILES string of the molecule is Cc1cc(Br)c(=O)n(CC(=O)N2CCc3ccccc3C2)c1. The maximum absolute atomic E-state index is 12.5. The van der Waals surface area contributed by atoms with Gasteiger partial charge >= 0.3 is 0 Å². The fourth-order valence-electron chi connectivity index (χ4n) is 2.81. The van der Waals surface area contributed by atoms with Gasteiger partial charge in [0.2, 0.25) is 5.91 Å². The zero-order valence-corrected chi connectivity index (χ0v) is 14.0. The summed E-state index contributed by atoms with van der Waals surface area (Å²) in [5.41, 5.74) is 3.28. The standard InChI is InChI=1S/C17H17BrN2O2/c1-12-8-15(18)17(22)20(9-12)11-16(21)19-7-6-13-4-2-3-5-14(13)10-19/h2-5,8-9H,6-7,10-11H2,1H3. The maximum atomic E-state index is 12.5. The first kappa shape index (κ1) is 15.0. The molecule has 1 aromatic heterocycles. The number of amides is 1. The number of aromatic nitrogens is 1. The Morgan fingerprint density at radius 3 is 2.77 bits per heavy atom. The summed E-state index contributed by atoms with van der Waals surface area (Å²) in [6, 6.07) is 9.96. The molecule has 4 nitrogen and oxygen atoms in total. The number of hydrogen-bond donors (Lipinski definition) is 0. The molecular formula is C17H17BrN2O2. The summed E-state index contributed by atoms with van der Waals surface area (Å²) in [5, 5.41) is 0. The van der Waals surface area contributed by atoms with Gasteiger partial charge in [0.1, 0.15) is 6.54 Å². The molecule has 2 heterocycles. The Labute approximate surface area is 137 Å². The van der Waals surface area contributed by atoms with Crippen LogP contribution in [0.4, 0.5) is 0 Å². The second-order valence-corrected chi connectivity index (χ2v) is 6.49. The third-order valence-corrected chi connectivity index (χ3v) is 4.54. The number of nitrogens with zero attached hydrogens (tertiary/aromatic N) is 2. The Balaban J connectivity index is 1.78. The molecule has 0 bridgehead atoms. The fraction of sp³-hybridized carbons (Fsp3) is 0.294. The van der Waals surface area contributed by atoms with Gasteiger partial charge in [-0.25, -0.2) is 0 Å². The molecule has 0 saturated carbocycles. The Morgan fingerprint density at radius 1 is 1.27 bits per heavy atom. The molecule has 22 heavy (non-hydrogen) atoms. The Bertz CT molecular complexity index is 782. The molecular weight excluding hydrogens is 344 g/mol. The van der Waals surface area contributed by atoms with Crippen molar-refractivity contribution in [2.45, 2.75) is 26.4 Å². The molecule has 1 aliphatic rings. The maximum Gasteiger partial charge on any atom is 0.265 e. The number of hydrogen-bond acceptors (Lipinski definition) is 2. The van der Waals surface area contributed by atoms with Crippen LogP contribution < -0.4 is 5.56 Å². The van der Waals surface area contributed by atoms with Gasteiger partial charge in [-0.15, -0.1) is 0 Å². The molecule has 1 aliphatic heterocycles. The highest BCUT2D eigenvalue weighted by atomic mass is 79.9.